The number of nitrogens with one attached hydrogen (secondary N) is 1. The molecule has 1 fully saturated rings. The molecule has 0 saturated heterocycles. The maximum atomic E-state index is 13.8. The van der Waals surface area contributed by atoms with Crippen LogP contribution in [0.25, 0.3) is 0 Å². The Morgan fingerprint density at radius 3 is 2.31 bits per heavy atom. The van der Waals surface area contributed by atoms with Crippen LogP contribution in [0.2, 0.25) is 5.02 Å². The summed E-state index contributed by atoms with van der Waals surface area (Å²) in [5.74, 6) is 0.526. The minimum absolute atomic E-state index is 0.101. The van der Waals surface area contributed by atoms with E-state index in [2.05, 4.69) is 5.32 Å². The van der Waals surface area contributed by atoms with Crippen LogP contribution in [0.15, 0.2) is 78.9 Å². The molecule has 1 atom stereocenters. The number of halogens is 1. The van der Waals surface area contributed by atoms with Crippen LogP contribution in [0.3, 0.4) is 0 Å². The highest BCUT2D eigenvalue weighted by Gasteiger charge is 2.32. The summed E-state index contributed by atoms with van der Waals surface area (Å²) in [6, 6.07) is 24.3. The largest absolute Gasteiger partial charge is 0.497 e. The molecule has 0 radical (unpaired) electrons. The number of nitrogens with zero attached hydrogens (tertiary/aromatic N) is 1. The Morgan fingerprint density at radius 1 is 0.944 bits per heavy atom. The zero-order valence-electron chi connectivity index (χ0n) is 20.7. The number of hydrogen-bond donors (Lipinski definition) is 1. The Balaban J connectivity index is 1.64. The zero-order valence-corrected chi connectivity index (χ0v) is 21.4. The molecule has 0 aliphatic heterocycles. The first-order chi connectivity index (χ1) is 17.5. The lowest BCUT2D eigenvalue weighted by atomic mass is 10.0. The van der Waals surface area contributed by atoms with Gasteiger partial charge < -0.3 is 15.0 Å². The minimum Gasteiger partial charge on any atom is -0.497 e. The molecule has 0 heterocycles. The quantitative estimate of drug-likeness (QED) is 0.391. The van der Waals surface area contributed by atoms with Crippen LogP contribution in [0.4, 0.5) is 0 Å². The molecular weight excluding hydrogens is 472 g/mol. The van der Waals surface area contributed by atoms with Crippen LogP contribution in [0, 0.1) is 0 Å². The summed E-state index contributed by atoms with van der Waals surface area (Å²) in [5.41, 5.74) is 2.77. The molecule has 4 rings (SSSR count). The van der Waals surface area contributed by atoms with Crippen LogP contribution in [-0.2, 0) is 29.0 Å². The standard InChI is InChI=1S/C30H33ClN2O3/c1-36-27-16-14-23(15-17-27)20-29(34)33(21-24-10-7-11-25(31)18-24)28(19-22-8-3-2-4-9-22)30(35)32-26-12-5-6-13-26/h2-4,7-11,14-18,26,28H,5-6,12-13,19-21H2,1H3,(H,32,35)/t28-/m1/s1. The number of ether oxygens (including phenoxy) is 1. The van der Waals surface area contributed by atoms with Crippen molar-refractivity contribution in [3.63, 3.8) is 0 Å². The van der Waals surface area contributed by atoms with E-state index in [4.69, 9.17) is 16.3 Å². The average Bonchev–Trinajstić information content (AvgIpc) is 3.40. The van der Waals surface area contributed by atoms with Crippen molar-refractivity contribution in [2.75, 3.05) is 7.11 Å². The molecule has 1 aliphatic carbocycles. The Kier molecular flexibility index (Phi) is 9.01. The van der Waals surface area contributed by atoms with E-state index in [0.717, 1.165) is 48.1 Å². The van der Waals surface area contributed by atoms with Crippen molar-refractivity contribution in [1.82, 2.24) is 10.2 Å². The third-order valence-corrected chi connectivity index (χ3v) is 6.96. The predicted octanol–water partition coefficient (Wildman–Crippen LogP) is 5.59. The fraction of sp³-hybridized carbons (Fsp3) is 0.333. The number of benzene rings is 3. The van der Waals surface area contributed by atoms with E-state index in [9.17, 15) is 9.59 Å². The first-order valence-electron chi connectivity index (χ1n) is 12.5. The van der Waals surface area contributed by atoms with Crippen LogP contribution in [0.5, 0.6) is 5.75 Å². The van der Waals surface area contributed by atoms with Gasteiger partial charge in [-0.15, -0.1) is 0 Å². The van der Waals surface area contributed by atoms with Crippen molar-refractivity contribution in [3.05, 3.63) is 101 Å². The highest BCUT2D eigenvalue weighted by atomic mass is 35.5. The molecule has 0 spiro atoms. The van der Waals surface area contributed by atoms with E-state index in [1.54, 1.807) is 12.0 Å². The van der Waals surface area contributed by atoms with Gasteiger partial charge in [0.2, 0.25) is 11.8 Å². The monoisotopic (exact) mass is 504 g/mol. The lowest BCUT2D eigenvalue weighted by Gasteiger charge is -2.32. The van der Waals surface area contributed by atoms with E-state index in [1.165, 1.54) is 0 Å². The molecule has 0 bridgehead atoms. The molecule has 2 amide bonds. The first kappa shape index (κ1) is 25.8. The van der Waals surface area contributed by atoms with Crippen molar-refractivity contribution in [1.29, 1.82) is 0 Å². The molecule has 6 heteroatoms. The summed E-state index contributed by atoms with van der Waals surface area (Å²) in [5, 5.41) is 3.84. The molecule has 3 aromatic rings. The lowest BCUT2D eigenvalue weighted by Crippen LogP contribution is -2.52. The van der Waals surface area contributed by atoms with Crippen molar-refractivity contribution in [3.8, 4) is 5.75 Å². The molecule has 1 saturated carbocycles. The average molecular weight is 505 g/mol. The van der Waals surface area contributed by atoms with Gasteiger partial charge in [0.1, 0.15) is 11.8 Å². The third kappa shape index (κ3) is 7.11. The van der Waals surface area contributed by atoms with Gasteiger partial charge in [-0.3, -0.25) is 9.59 Å². The van der Waals surface area contributed by atoms with Crippen molar-refractivity contribution in [2.24, 2.45) is 0 Å². The Hall–Kier alpha value is -3.31. The summed E-state index contributed by atoms with van der Waals surface area (Å²) in [7, 11) is 1.62. The Labute approximate surface area is 218 Å². The molecular formula is C30H33ClN2O3. The number of hydrogen-bond acceptors (Lipinski definition) is 3. The number of carbonyl (C=O) groups is 2. The summed E-state index contributed by atoms with van der Waals surface area (Å²) >= 11 is 6.26. The van der Waals surface area contributed by atoms with Gasteiger partial charge in [-0.25, -0.2) is 0 Å². The lowest BCUT2D eigenvalue weighted by molar-refractivity contribution is -0.141. The van der Waals surface area contributed by atoms with Gasteiger partial charge in [0, 0.05) is 24.0 Å². The van der Waals surface area contributed by atoms with E-state index in [0.29, 0.717) is 18.0 Å². The Bertz CT molecular complexity index is 1140. The maximum absolute atomic E-state index is 13.8. The van der Waals surface area contributed by atoms with Gasteiger partial charge in [-0.2, -0.15) is 0 Å². The number of methoxy groups -OCH3 is 1. The fourth-order valence-electron chi connectivity index (χ4n) is 4.77. The minimum atomic E-state index is -0.641. The summed E-state index contributed by atoms with van der Waals surface area (Å²) < 4.78 is 5.25. The first-order valence-corrected chi connectivity index (χ1v) is 12.9. The molecule has 188 valence electrons. The smallest absolute Gasteiger partial charge is 0.243 e. The van der Waals surface area contributed by atoms with Gasteiger partial charge in [-0.05, 0) is 53.8 Å². The van der Waals surface area contributed by atoms with Gasteiger partial charge >= 0.3 is 0 Å². The van der Waals surface area contributed by atoms with Crippen molar-refractivity contribution < 1.29 is 14.3 Å². The van der Waals surface area contributed by atoms with E-state index in [1.807, 2.05) is 78.9 Å². The summed E-state index contributed by atoms with van der Waals surface area (Å²) in [6.45, 7) is 0.297. The Morgan fingerprint density at radius 2 is 1.64 bits per heavy atom. The van der Waals surface area contributed by atoms with Crippen LogP contribution in [-0.4, -0.2) is 35.9 Å². The maximum Gasteiger partial charge on any atom is 0.243 e. The van der Waals surface area contributed by atoms with Gasteiger partial charge in [0.15, 0.2) is 0 Å². The van der Waals surface area contributed by atoms with Gasteiger partial charge in [0.05, 0.1) is 13.5 Å². The second-order valence-corrected chi connectivity index (χ2v) is 9.81. The van der Waals surface area contributed by atoms with Gasteiger partial charge in [0.25, 0.3) is 0 Å². The topological polar surface area (TPSA) is 58.6 Å². The highest BCUT2D eigenvalue weighted by molar-refractivity contribution is 6.30. The molecule has 5 nitrogen and oxygen atoms in total. The summed E-state index contributed by atoms with van der Waals surface area (Å²) in [6.07, 6.45) is 4.84. The van der Waals surface area contributed by atoms with E-state index >= 15 is 0 Å². The molecule has 1 aliphatic rings. The highest BCUT2D eigenvalue weighted by Crippen LogP contribution is 2.22. The second-order valence-electron chi connectivity index (χ2n) is 9.37. The van der Waals surface area contributed by atoms with Crippen LogP contribution in [0.1, 0.15) is 42.4 Å². The van der Waals surface area contributed by atoms with Crippen LogP contribution >= 0.6 is 11.6 Å². The predicted molar refractivity (Wildman–Crippen MR) is 143 cm³/mol. The molecule has 3 aromatic carbocycles. The third-order valence-electron chi connectivity index (χ3n) is 6.73. The molecule has 1 N–H and O–H groups in total. The number of carbonyl (C=O) groups excluding carboxylic acids is 2. The second kappa shape index (κ2) is 12.6. The molecule has 0 aromatic heterocycles. The summed E-state index contributed by atoms with van der Waals surface area (Å²) in [4.78, 5) is 29.2. The van der Waals surface area contributed by atoms with Crippen molar-refractivity contribution in [2.45, 2.75) is 57.2 Å². The fourth-order valence-corrected chi connectivity index (χ4v) is 4.99. The molecule has 36 heavy (non-hydrogen) atoms. The molecule has 0 unspecified atom stereocenters. The zero-order chi connectivity index (χ0) is 25.3. The number of amides is 2. The van der Waals surface area contributed by atoms with E-state index < -0.39 is 6.04 Å². The van der Waals surface area contributed by atoms with Crippen molar-refractivity contribution >= 4 is 23.4 Å². The number of rotatable bonds is 10. The SMILES string of the molecule is COc1ccc(CC(=O)N(Cc2cccc(Cl)c2)[C@H](Cc2ccccc2)C(=O)NC2CCCC2)cc1. The van der Waals surface area contributed by atoms with Gasteiger partial charge in [-0.1, -0.05) is 79.0 Å². The van der Waals surface area contributed by atoms with E-state index in [-0.39, 0.29) is 24.3 Å². The van der Waals surface area contributed by atoms with Crippen LogP contribution < -0.4 is 10.1 Å². The normalized spacial score (nSPS) is 14.3.